The number of benzene rings is 2. The van der Waals surface area contributed by atoms with Gasteiger partial charge in [-0.05, 0) is 50.2 Å². The van der Waals surface area contributed by atoms with Crippen LogP contribution in [0.2, 0.25) is 0 Å². The fourth-order valence-electron chi connectivity index (χ4n) is 3.27. The summed E-state index contributed by atoms with van der Waals surface area (Å²) in [5.74, 6) is 0.373. The topological polar surface area (TPSA) is 49.4 Å². The molecular formula is C21H23BrN2O2. The highest BCUT2D eigenvalue weighted by Crippen LogP contribution is 2.22. The second-order valence-electron chi connectivity index (χ2n) is 6.65. The average molecular weight is 415 g/mol. The Kier molecular flexibility index (Phi) is 6.58. The van der Waals surface area contributed by atoms with Gasteiger partial charge in [0.2, 0.25) is 5.91 Å². The fourth-order valence-corrected chi connectivity index (χ4v) is 3.54. The predicted molar refractivity (Wildman–Crippen MR) is 107 cm³/mol. The molecule has 0 spiro atoms. The van der Waals surface area contributed by atoms with Gasteiger partial charge in [-0.3, -0.25) is 9.59 Å². The molecule has 1 saturated heterocycles. The zero-order valence-electron chi connectivity index (χ0n) is 14.7. The minimum atomic E-state index is 0.0230. The molecule has 2 aromatic carbocycles. The summed E-state index contributed by atoms with van der Waals surface area (Å²) < 4.78 is 0.989. The van der Waals surface area contributed by atoms with Crippen molar-refractivity contribution in [3.8, 4) is 0 Å². The molecule has 0 aliphatic carbocycles. The van der Waals surface area contributed by atoms with Gasteiger partial charge in [0.25, 0.3) is 0 Å². The number of hydrogen-bond acceptors (Lipinski definition) is 3. The lowest BCUT2D eigenvalue weighted by Crippen LogP contribution is -2.38. The number of piperidine rings is 1. The van der Waals surface area contributed by atoms with Crippen LogP contribution in [0.25, 0.3) is 0 Å². The molecule has 0 atom stereocenters. The van der Waals surface area contributed by atoms with Crippen LogP contribution in [0.3, 0.4) is 0 Å². The van der Waals surface area contributed by atoms with Gasteiger partial charge in [-0.2, -0.15) is 0 Å². The number of carbonyl (C=O) groups excluding carboxylic acids is 2. The first-order valence-electron chi connectivity index (χ1n) is 8.99. The van der Waals surface area contributed by atoms with Crippen molar-refractivity contribution in [2.24, 2.45) is 5.92 Å². The molecule has 2 aromatic rings. The summed E-state index contributed by atoms with van der Waals surface area (Å²) in [5.41, 5.74) is 1.62. The Morgan fingerprint density at radius 3 is 2.31 bits per heavy atom. The number of rotatable bonds is 6. The van der Waals surface area contributed by atoms with Crippen LogP contribution in [-0.4, -0.2) is 36.2 Å². The molecule has 5 heteroatoms. The summed E-state index contributed by atoms with van der Waals surface area (Å²) in [6.45, 7) is 2.47. The van der Waals surface area contributed by atoms with E-state index >= 15 is 0 Å². The van der Waals surface area contributed by atoms with E-state index in [-0.39, 0.29) is 17.6 Å². The number of anilines is 1. The molecule has 1 fully saturated rings. The molecule has 0 radical (unpaired) electrons. The maximum atomic E-state index is 12.5. The van der Waals surface area contributed by atoms with Crippen molar-refractivity contribution in [1.29, 1.82) is 0 Å². The molecule has 0 saturated carbocycles. The van der Waals surface area contributed by atoms with Crippen LogP contribution in [0, 0.1) is 5.92 Å². The van der Waals surface area contributed by atoms with E-state index in [1.165, 1.54) is 0 Å². The highest BCUT2D eigenvalue weighted by atomic mass is 79.9. The third-order valence-corrected chi connectivity index (χ3v) is 5.33. The summed E-state index contributed by atoms with van der Waals surface area (Å²) in [4.78, 5) is 26.9. The lowest BCUT2D eigenvalue weighted by molar-refractivity contribution is -0.116. The normalized spacial score (nSPS) is 15.6. The number of likely N-dealkylation sites (tertiary alicyclic amines) is 1. The van der Waals surface area contributed by atoms with Gasteiger partial charge in [0.05, 0.1) is 0 Å². The number of Topliss-reactive ketones (excluding diaryl/α,β-unsaturated/α-hetero) is 1. The summed E-state index contributed by atoms with van der Waals surface area (Å²) >= 11 is 3.38. The number of carbonyl (C=O) groups is 2. The van der Waals surface area contributed by atoms with Gasteiger partial charge in [0.1, 0.15) is 0 Å². The predicted octanol–water partition coefficient (Wildman–Crippen LogP) is 4.37. The van der Waals surface area contributed by atoms with Gasteiger partial charge in [0.15, 0.2) is 5.78 Å². The molecule has 0 unspecified atom stereocenters. The van der Waals surface area contributed by atoms with Crippen molar-refractivity contribution in [2.75, 3.05) is 25.0 Å². The van der Waals surface area contributed by atoms with E-state index in [9.17, 15) is 9.59 Å². The van der Waals surface area contributed by atoms with Crippen LogP contribution < -0.4 is 5.32 Å². The number of hydrogen-bond donors (Lipinski definition) is 1. The minimum absolute atomic E-state index is 0.0230. The summed E-state index contributed by atoms with van der Waals surface area (Å²) in [7, 11) is 0. The number of halogens is 1. The molecule has 136 valence electrons. The van der Waals surface area contributed by atoms with Crippen molar-refractivity contribution >= 4 is 33.3 Å². The molecule has 4 nitrogen and oxygen atoms in total. The first kappa shape index (κ1) is 18.8. The zero-order valence-corrected chi connectivity index (χ0v) is 16.2. The standard InChI is InChI=1S/C21H23BrN2O2/c22-18-6-8-19(9-7-18)23-20(25)12-15-24-13-10-17(11-14-24)21(26)16-4-2-1-3-5-16/h1-9,17H,10-15H2,(H,23,25). The van der Waals surface area contributed by atoms with Gasteiger partial charge in [0, 0.05) is 34.6 Å². The van der Waals surface area contributed by atoms with Crippen molar-refractivity contribution in [3.05, 3.63) is 64.6 Å². The maximum absolute atomic E-state index is 12.5. The molecule has 3 rings (SSSR count). The van der Waals surface area contributed by atoms with Gasteiger partial charge in [-0.25, -0.2) is 0 Å². The Bertz CT molecular complexity index is 738. The second kappa shape index (κ2) is 9.10. The number of nitrogens with one attached hydrogen (secondary N) is 1. The first-order valence-corrected chi connectivity index (χ1v) is 9.78. The van der Waals surface area contributed by atoms with E-state index < -0.39 is 0 Å². The van der Waals surface area contributed by atoms with Gasteiger partial charge >= 0.3 is 0 Å². The van der Waals surface area contributed by atoms with Crippen molar-refractivity contribution < 1.29 is 9.59 Å². The number of amides is 1. The smallest absolute Gasteiger partial charge is 0.225 e. The lowest BCUT2D eigenvalue weighted by Gasteiger charge is -2.31. The number of ketones is 1. The van der Waals surface area contributed by atoms with E-state index in [1.807, 2.05) is 54.6 Å². The third kappa shape index (κ3) is 5.26. The Balaban J connectivity index is 1.40. The molecular weight excluding hydrogens is 392 g/mol. The average Bonchev–Trinajstić information content (AvgIpc) is 2.69. The first-order chi connectivity index (χ1) is 12.6. The van der Waals surface area contributed by atoms with Gasteiger partial charge in [-0.15, -0.1) is 0 Å². The Morgan fingerprint density at radius 2 is 1.65 bits per heavy atom. The molecule has 0 bridgehead atoms. The van der Waals surface area contributed by atoms with Crippen molar-refractivity contribution in [2.45, 2.75) is 19.3 Å². The Morgan fingerprint density at radius 1 is 1.00 bits per heavy atom. The Labute approximate surface area is 162 Å². The highest BCUT2D eigenvalue weighted by Gasteiger charge is 2.25. The Hall–Kier alpha value is -1.98. The summed E-state index contributed by atoms with van der Waals surface area (Å²) in [6, 6.07) is 17.1. The molecule has 26 heavy (non-hydrogen) atoms. The quantitative estimate of drug-likeness (QED) is 0.713. The number of nitrogens with zero attached hydrogens (tertiary/aromatic N) is 1. The van der Waals surface area contributed by atoms with Crippen molar-refractivity contribution in [3.63, 3.8) is 0 Å². The largest absolute Gasteiger partial charge is 0.326 e. The van der Waals surface area contributed by atoms with E-state index in [2.05, 4.69) is 26.1 Å². The lowest BCUT2D eigenvalue weighted by atomic mass is 9.89. The highest BCUT2D eigenvalue weighted by molar-refractivity contribution is 9.10. The molecule has 1 aliphatic rings. The zero-order chi connectivity index (χ0) is 18.4. The van der Waals surface area contributed by atoms with Crippen LogP contribution in [0.4, 0.5) is 5.69 Å². The van der Waals surface area contributed by atoms with Gasteiger partial charge < -0.3 is 10.2 Å². The molecule has 1 amide bonds. The van der Waals surface area contributed by atoms with Gasteiger partial charge in [-0.1, -0.05) is 46.3 Å². The third-order valence-electron chi connectivity index (χ3n) is 4.80. The monoisotopic (exact) mass is 414 g/mol. The van der Waals surface area contributed by atoms with Crippen LogP contribution in [0.1, 0.15) is 29.6 Å². The van der Waals surface area contributed by atoms with E-state index in [0.717, 1.165) is 48.2 Å². The van der Waals surface area contributed by atoms with Crippen LogP contribution >= 0.6 is 15.9 Å². The molecule has 0 aromatic heterocycles. The SMILES string of the molecule is O=C(CCN1CCC(C(=O)c2ccccc2)CC1)Nc1ccc(Br)cc1. The van der Waals surface area contributed by atoms with Crippen LogP contribution in [-0.2, 0) is 4.79 Å². The van der Waals surface area contributed by atoms with E-state index in [4.69, 9.17) is 0 Å². The summed E-state index contributed by atoms with van der Waals surface area (Å²) in [5, 5.41) is 2.92. The molecule has 1 aliphatic heterocycles. The van der Waals surface area contributed by atoms with E-state index in [1.54, 1.807) is 0 Å². The molecule has 1 N–H and O–H groups in total. The minimum Gasteiger partial charge on any atom is -0.326 e. The van der Waals surface area contributed by atoms with Crippen LogP contribution in [0.15, 0.2) is 59.1 Å². The fraction of sp³-hybridized carbons (Fsp3) is 0.333. The molecule has 1 heterocycles. The van der Waals surface area contributed by atoms with Crippen LogP contribution in [0.5, 0.6) is 0 Å². The van der Waals surface area contributed by atoms with Crippen molar-refractivity contribution in [1.82, 2.24) is 4.90 Å². The second-order valence-corrected chi connectivity index (χ2v) is 7.57. The van der Waals surface area contributed by atoms with E-state index in [0.29, 0.717) is 6.42 Å². The summed E-state index contributed by atoms with van der Waals surface area (Å²) in [6.07, 6.45) is 2.19. The maximum Gasteiger partial charge on any atom is 0.225 e.